The smallest absolute Gasteiger partial charge is 0.212 e. The van der Waals surface area contributed by atoms with Gasteiger partial charge in [0.2, 0.25) is 5.89 Å². The van der Waals surface area contributed by atoms with E-state index in [4.69, 9.17) is 16.0 Å². The lowest BCUT2D eigenvalue weighted by Crippen LogP contribution is -1.80. The van der Waals surface area contributed by atoms with Crippen LogP contribution in [0.3, 0.4) is 0 Å². The maximum atomic E-state index is 5.86. The highest BCUT2D eigenvalue weighted by Gasteiger charge is 2.12. The zero-order valence-electron chi connectivity index (χ0n) is 7.95. The van der Waals surface area contributed by atoms with Gasteiger partial charge in [0.05, 0.1) is 6.20 Å². The first-order valence-corrected chi connectivity index (χ1v) is 5.69. The molecule has 0 radical (unpaired) electrons. The highest BCUT2D eigenvalue weighted by molar-refractivity contribution is 7.08. The van der Waals surface area contributed by atoms with Crippen LogP contribution in [-0.4, -0.2) is 4.98 Å². The molecule has 0 N–H and O–H groups in total. The lowest BCUT2D eigenvalue weighted by molar-refractivity contribution is 0.508. The standard InChI is InChI=1S/C10H10ClNOS/c1-6-4-14-5-8(6)9-3-12-10(13-9)7(2)11/h3-5,7H,1-2H3. The largest absolute Gasteiger partial charge is 0.439 e. The van der Waals surface area contributed by atoms with Crippen molar-refractivity contribution in [1.82, 2.24) is 4.98 Å². The number of aromatic nitrogens is 1. The molecule has 0 aliphatic rings. The maximum Gasteiger partial charge on any atom is 0.212 e. The van der Waals surface area contributed by atoms with Crippen LogP contribution in [-0.2, 0) is 0 Å². The maximum absolute atomic E-state index is 5.86. The Balaban J connectivity index is 2.39. The minimum Gasteiger partial charge on any atom is -0.439 e. The molecular formula is C10H10ClNOS. The number of thiophene rings is 1. The third-order valence-electron chi connectivity index (χ3n) is 1.98. The SMILES string of the molecule is Cc1cscc1-c1cnc(C(C)Cl)o1. The van der Waals surface area contributed by atoms with Crippen LogP contribution in [0.25, 0.3) is 11.3 Å². The summed E-state index contributed by atoms with van der Waals surface area (Å²) >= 11 is 7.52. The molecular weight excluding hydrogens is 218 g/mol. The average molecular weight is 228 g/mol. The van der Waals surface area contributed by atoms with Gasteiger partial charge in [-0.05, 0) is 24.8 Å². The molecule has 0 bridgehead atoms. The number of halogens is 1. The molecule has 2 nitrogen and oxygen atoms in total. The Bertz CT molecular complexity index is 433. The van der Waals surface area contributed by atoms with Gasteiger partial charge in [0.25, 0.3) is 0 Å². The zero-order valence-corrected chi connectivity index (χ0v) is 9.52. The number of oxazole rings is 1. The number of rotatable bonds is 2. The van der Waals surface area contributed by atoms with E-state index in [0.29, 0.717) is 5.89 Å². The van der Waals surface area contributed by atoms with Crippen LogP contribution >= 0.6 is 22.9 Å². The molecule has 0 saturated heterocycles. The average Bonchev–Trinajstić information content (AvgIpc) is 2.71. The van der Waals surface area contributed by atoms with Gasteiger partial charge in [-0.3, -0.25) is 0 Å². The summed E-state index contributed by atoms with van der Waals surface area (Å²) < 4.78 is 5.53. The quantitative estimate of drug-likeness (QED) is 0.725. The molecule has 0 fully saturated rings. The van der Waals surface area contributed by atoms with Gasteiger partial charge in [-0.2, -0.15) is 11.3 Å². The number of hydrogen-bond donors (Lipinski definition) is 0. The number of hydrogen-bond acceptors (Lipinski definition) is 3. The fraction of sp³-hybridized carbons (Fsp3) is 0.300. The van der Waals surface area contributed by atoms with Crippen molar-refractivity contribution < 1.29 is 4.42 Å². The van der Waals surface area contributed by atoms with Gasteiger partial charge < -0.3 is 4.42 Å². The van der Waals surface area contributed by atoms with Gasteiger partial charge in [0.15, 0.2) is 5.76 Å². The molecule has 2 aromatic rings. The van der Waals surface area contributed by atoms with Gasteiger partial charge in [0.1, 0.15) is 5.38 Å². The van der Waals surface area contributed by atoms with E-state index in [1.54, 1.807) is 17.5 Å². The minimum atomic E-state index is -0.178. The van der Waals surface area contributed by atoms with Crippen LogP contribution in [0.15, 0.2) is 21.4 Å². The molecule has 2 aromatic heterocycles. The Morgan fingerprint density at radius 3 is 2.79 bits per heavy atom. The molecule has 0 aliphatic heterocycles. The molecule has 74 valence electrons. The van der Waals surface area contributed by atoms with Gasteiger partial charge in [-0.25, -0.2) is 4.98 Å². The molecule has 2 rings (SSSR count). The summed E-state index contributed by atoms with van der Waals surface area (Å²) in [7, 11) is 0. The monoisotopic (exact) mass is 227 g/mol. The van der Waals surface area contributed by atoms with E-state index in [2.05, 4.69) is 22.7 Å². The first kappa shape index (κ1) is 9.74. The van der Waals surface area contributed by atoms with Crippen LogP contribution in [0.4, 0.5) is 0 Å². The van der Waals surface area contributed by atoms with Gasteiger partial charge in [-0.1, -0.05) is 0 Å². The lowest BCUT2D eigenvalue weighted by atomic mass is 10.2. The Morgan fingerprint density at radius 1 is 1.50 bits per heavy atom. The summed E-state index contributed by atoms with van der Waals surface area (Å²) in [5.41, 5.74) is 2.31. The van der Waals surface area contributed by atoms with Crippen LogP contribution in [0.1, 0.15) is 23.8 Å². The van der Waals surface area contributed by atoms with Gasteiger partial charge in [-0.15, -0.1) is 11.6 Å². The summed E-state index contributed by atoms with van der Waals surface area (Å²) in [6.07, 6.45) is 1.73. The Labute approximate surface area is 91.5 Å². The molecule has 1 atom stereocenters. The fourth-order valence-electron chi connectivity index (χ4n) is 1.21. The van der Waals surface area contributed by atoms with Crippen molar-refractivity contribution in [2.75, 3.05) is 0 Å². The zero-order chi connectivity index (χ0) is 10.1. The molecule has 0 aliphatic carbocycles. The van der Waals surface area contributed by atoms with Gasteiger partial charge >= 0.3 is 0 Å². The number of alkyl halides is 1. The highest BCUT2D eigenvalue weighted by atomic mass is 35.5. The van der Waals surface area contributed by atoms with Crippen molar-refractivity contribution >= 4 is 22.9 Å². The van der Waals surface area contributed by atoms with E-state index >= 15 is 0 Å². The lowest BCUT2D eigenvalue weighted by Gasteiger charge is -1.95. The molecule has 14 heavy (non-hydrogen) atoms. The van der Waals surface area contributed by atoms with E-state index < -0.39 is 0 Å². The van der Waals surface area contributed by atoms with Crippen molar-refractivity contribution in [1.29, 1.82) is 0 Å². The van der Waals surface area contributed by atoms with Gasteiger partial charge in [0, 0.05) is 10.9 Å². The summed E-state index contributed by atoms with van der Waals surface area (Å²) in [6, 6.07) is 0. The van der Waals surface area contributed by atoms with E-state index in [1.807, 2.05) is 6.92 Å². The summed E-state index contributed by atoms with van der Waals surface area (Å²) in [5.74, 6) is 1.37. The van der Waals surface area contributed by atoms with Crippen molar-refractivity contribution in [3.8, 4) is 11.3 Å². The van der Waals surface area contributed by atoms with Crippen molar-refractivity contribution in [2.24, 2.45) is 0 Å². The number of nitrogens with zero attached hydrogens (tertiary/aromatic N) is 1. The van der Waals surface area contributed by atoms with Crippen LogP contribution < -0.4 is 0 Å². The molecule has 2 heterocycles. The van der Waals surface area contributed by atoms with Crippen molar-refractivity contribution in [3.63, 3.8) is 0 Å². The first-order chi connectivity index (χ1) is 6.68. The van der Waals surface area contributed by atoms with E-state index in [1.165, 1.54) is 5.56 Å². The molecule has 0 spiro atoms. The third-order valence-corrected chi connectivity index (χ3v) is 3.03. The van der Waals surface area contributed by atoms with Crippen molar-refractivity contribution in [2.45, 2.75) is 19.2 Å². The Hall–Kier alpha value is -0.800. The minimum absolute atomic E-state index is 0.178. The van der Waals surface area contributed by atoms with Crippen LogP contribution in [0.2, 0.25) is 0 Å². The van der Waals surface area contributed by atoms with Crippen LogP contribution in [0.5, 0.6) is 0 Å². The van der Waals surface area contributed by atoms with E-state index in [0.717, 1.165) is 11.3 Å². The first-order valence-electron chi connectivity index (χ1n) is 4.31. The predicted molar refractivity (Wildman–Crippen MR) is 58.8 cm³/mol. The second-order valence-electron chi connectivity index (χ2n) is 3.15. The summed E-state index contributed by atoms with van der Waals surface area (Å²) in [4.78, 5) is 4.12. The van der Waals surface area contributed by atoms with Crippen LogP contribution in [0, 0.1) is 6.92 Å². The highest BCUT2D eigenvalue weighted by Crippen LogP contribution is 2.29. The topological polar surface area (TPSA) is 26.0 Å². The molecule has 0 saturated carbocycles. The number of aryl methyl sites for hydroxylation is 1. The Kier molecular flexibility index (Phi) is 2.61. The van der Waals surface area contributed by atoms with E-state index in [-0.39, 0.29) is 5.38 Å². The predicted octanol–water partition coefficient (Wildman–Crippen LogP) is 4.01. The Morgan fingerprint density at radius 2 is 2.29 bits per heavy atom. The fourth-order valence-corrected chi connectivity index (χ4v) is 2.15. The second kappa shape index (κ2) is 3.75. The molecule has 0 amide bonds. The molecule has 0 aromatic carbocycles. The van der Waals surface area contributed by atoms with E-state index in [9.17, 15) is 0 Å². The summed E-state index contributed by atoms with van der Waals surface area (Å²) in [6.45, 7) is 3.90. The van der Waals surface area contributed by atoms with Crippen molar-refractivity contribution in [3.05, 3.63) is 28.4 Å². The third kappa shape index (κ3) is 1.70. The molecule has 4 heteroatoms. The molecule has 1 unspecified atom stereocenters. The normalized spacial score (nSPS) is 13.1. The summed E-state index contributed by atoms with van der Waals surface area (Å²) in [5, 5.41) is 3.96. The second-order valence-corrected chi connectivity index (χ2v) is 4.55.